The van der Waals surface area contributed by atoms with Crippen LogP contribution >= 0.6 is 11.6 Å². The molecule has 108 valence electrons. The topological polar surface area (TPSA) is 62.8 Å². The number of fused-ring (bicyclic) bond motifs is 1. The van der Waals surface area contributed by atoms with Gasteiger partial charge in [0.25, 0.3) is 0 Å². The molecule has 0 atom stereocenters. The van der Waals surface area contributed by atoms with Crippen LogP contribution in [0.1, 0.15) is 5.56 Å². The predicted molar refractivity (Wildman–Crippen MR) is 84.4 cm³/mol. The fourth-order valence-corrected chi connectivity index (χ4v) is 3.02. The minimum Gasteiger partial charge on any atom is -0.338 e. The van der Waals surface area contributed by atoms with Gasteiger partial charge in [0, 0.05) is 16.8 Å². The second kappa shape index (κ2) is 4.86. The molecule has 0 amide bonds. The number of aryl methyl sites for hydroxylation is 1. The normalized spacial score (nSPS) is 12.0. The van der Waals surface area contributed by atoms with Crippen LogP contribution in [0.15, 0.2) is 41.3 Å². The summed E-state index contributed by atoms with van der Waals surface area (Å²) in [4.78, 5) is 7.93. The van der Waals surface area contributed by atoms with Crippen molar-refractivity contribution >= 4 is 32.5 Å². The number of nitrogens with zero attached hydrogens (tertiary/aromatic N) is 1. The molecule has 0 bridgehead atoms. The monoisotopic (exact) mass is 320 g/mol. The van der Waals surface area contributed by atoms with E-state index in [1.165, 1.54) is 6.26 Å². The molecule has 0 aliphatic rings. The summed E-state index contributed by atoms with van der Waals surface area (Å²) in [5, 5.41) is 0.632. The first-order valence-electron chi connectivity index (χ1n) is 6.31. The summed E-state index contributed by atoms with van der Waals surface area (Å²) < 4.78 is 23.2. The van der Waals surface area contributed by atoms with Gasteiger partial charge in [-0.3, -0.25) is 0 Å². The molecule has 0 aliphatic carbocycles. The van der Waals surface area contributed by atoms with Crippen LogP contribution in [0.5, 0.6) is 0 Å². The van der Waals surface area contributed by atoms with E-state index < -0.39 is 9.84 Å². The van der Waals surface area contributed by atoms with Crippen molar-refractivity contribution < 1.29 is 8.42 Å². The molecule has 1 heterocycles. The van der Waals surface area contributed by atoms with E-state index in [1.54, 1.807) is 18.2 Å². The van der Waals surface area contributed by atoms with Gasteiger partial charge in [0.15, 0.2) is 9.84 Å². The summed E-state index contributed by atoms with van der Waals surface area (Å²) in [6.07, 6.45) is 1.19. The number of nitrogens with one attached hydrogen (secondary N) is 1. The fourth-order valence-electron chi connectivity index (χ4n) is 2.20. The summed E-state index contributed by atoms with van der Waals surface area (Å²) in [6.45, 7) is 1.97. The Labute approximate surface area is 127 Å². The van der Waals surface area contributed by atoms with Crippen LogP contribution in [0.4, 0.5) is 0 Å². The molecule has 2 aromatic carbocycles. The molecule has 0 saturated heterocycles. The number of benzene rings is 2. The molecular formula is C15H13ClN2O2S. The lowest BCUT2D eigenvalue weighted by Crippen LogP contribution is -1.96. The quantitative estimate of drug-likeness (QED) is 0.784. The highest BCUT2D eigenvalue weighted by Gasteiger charge is 2.12. The van der Waals surface area contributed by atoms with Crippen molar-refractivity contribution in [3.05, 3.63) is 47.0 Å². The Morgan fingerprint density at radius 2 is 1.90 bits per heavy atom. The fraction of sp³-hybridized carbons (Fsp3) is 0.133. The summed E-state index contributed by atoms with van der Waals surface area (Å²) in [6, 6.07) is 10.4. The highest BCUT2D eigenvalue weighted by Crippen LogP contribution is 2.27. The number of imidazole rings is 1. The lowest BCUT2D eigenvalue weighted by molar-refractivity contribution is 0.602. The van der Waals surface area contributed by atoms with Crippen LogP contribution < -0.4 is 0 Å². The van der Waals surface area contributed by atoms with Crippen LogP contribution in [-0.2, 0) is 9.84 Å². The second-order valence-electron chi connectivity index (χ2n) is 5.00. The molecule has 4 nitrogen and oxygen atoms in total. The van der Waals surface area contributed by atoms with Gasteiger partial charge in [0.1, 0.15) is 5.82 Å². The maximum atomic E-state index is 11.6. The molecule has 1 aromatic heterocycles. The average Bonchev–Trinajstić information content (AvgIpc) is 2.83. The number of aromatic amines is 1. The lowest BCUT2D eigenvalue weighted by atomic mass is 10.1. The minimum absolute atomic E-state index is 0.271. The lowest BCUT2D eigenvalue weighted by Gasteiger charge is -2.02. The Bertz CT molecular complexity index is 945. The number of rotatable bonds is 2. The Kier molecular flexibility index (Phi) is 3.26. The van der Waals surface area contributed by atoms with Crippen molar-refractivity contribution in [2.45, 2.75) is 11.8 Å². The smallest absolute Gasteiger partial charge is 0.175 e. The van der Waals surface area contributed by atoms with E-state index in [9.17, 15) is 8.42 Å². The van der Waals surface area contributed by atoms with Gasteiger partial charge >= 0.3 is 0 Å². The average molecular weight is 321 g/mol. The van der Waals surface area contributed by atoms with Gasteiger partial charge in [-0.05, 0) is 42.8 Å². The Morgan fingerprint density at radius 1 is 1.14 bits per heavy atom. The van der Waals surface area contributed by atoms with E-state index in [2.05, 4.69) is 9.97 Å². The van der Waals surface area contributed by atoms with Crippen LogP contribution in [0.3, 0.4) is 0 Å². The largest absolute Gasteiger partial charge is 0.338 e. The third-order valence-electron chi connectivity index (χ3n) is 3.34. The van der Waals surface area contributed by atoms with Gasteiger partial charge in [-0.25, -0.2) is 13.4 Å². The van der Waals surface area contributed by atoms with Crippen molar-refractivity contribution in [3.63, 3.8) is 0 Å². The maximum Gasteiger partial charge on any atom is 0.175 e. The highest BCUT2D eigenvalue weighted by molar-refractivity contribution is 7.90. The molecule has 6 heteroatoms. The van der Waals surface area contributed by atoms with Crippen LogP contribution in [0.25, 0.3) is 22.4 Å². The number of halogens is 1. The van der Waals surface area contributed by atoms with Crippen molar-refractivity contribution in [2.24, 2.45) is 0 Å². The van der Waals surface area contributed by atoms with Gasteiger partial charge in [-0.1, -0.05) is 17.7 Å². The number of hydrogen-bond donors (Lipinski definition) is 1. The van der Waals surface area contributed by atoms with E-state index >= 15 is 0 Å². The Balaban J connectivity index is 2.20. The van der Waals surface area contributed by atoms with Gasteiger partial charge in [-0.2, -0.15) is 0 Å². The first-order valence-corrected chi connectivity index (χ1v) is 8.58. The molecule has 0 fully saturated rings. The molecule has 0 spiro atoms. The van der Waals surface area contributed by atoms with Crippen LogP contribution in [-0.4, -0.2) is 24.6 Å². The zero-order valence-corrected chi connectivity index (χ0v) is 13.1. The van der Waals surface area contributed by atoms with Crippen molar-refractivity contribution in [3.8, 4) is 11.4 Å². The third kappa shape index (κ3) is 2.66. The molecule has 0 unspecified atom stereocenters. The van der Waals surface area contributed by atoms with Crippen LogP contribution in [0.2, 0.25) is 5.02 Å². The van der Waals surface area contributed by atoms with Gasteiger partial charge in [0.05, 0.1) is 15.9 Å². The maximum absolute atomic E-state index is 11.6. The molecule has 0 radical (unpaired) electrons. The van der Waals surface area contributed by atoms with Crippen LogP contribution in [0, 0.1) is 6.92 Å². The molecular weight excluding hydrogens is 308 g/mol. The van der Waals surface area contributed by atoms with E-state index in [4.69, 9.17) is 11.6 Å². The summed E-state index contributed by atoms with van der Waals surface area (Å²) in [5.41, 5.74) is 3.35. The molecule has 21 heavy (non-hydrogen) atoms. The second-order valence-corrected chi connectivity index (χ2v) is 7.45. The number of H-pyrrole nitrogens is 1. The van der Waals surface area contributed by atoms with Crippen molar-refractivity contribution in [2.75, 3.05) is 6.26 Å². The molecule has 0 aliphatic heterocycles. The first kappa shape index (κ1) is 14.1. The molecule has 1 N–H and O–H groups in total. The third-order valence-corrected chi connectivity index (χ3v) is 4.68. The van der Waals surface area contributed by atoms with Gasteiger partial charge in [0.2, 0.25) is 0 Å². The summed E-state index contributed by atoms with van der Waals surface area (Å²) >= 11 is 6.03. The summed E-state index contributed by atoms with van der Waals surface area (Å²) in [5.74, 6) is 0.677. The van der Waals surface area contributed by atoms with Gasteiger partial charge < -0.3 is 4.98 Å². The molecule has 3 rings (SSSR count). The minimum atomic E-state index is -3.23. The van der Waals surface area contributed by atoms with Crippen molar-refractivity contribution in [1.82, 2.24) is 9.97 Å². The zero-order chi connectivity index (χ0) is 15.2. The van der Waals surface area contributed by atoms with Gasteiger partial charge in [-0.15, -0.1) is 0 Å². The number of sulfone groups is 1. The van der Waals surface area contributed by atoms with E-state index in [0.717, 1.165) is 16.6 Å². The predicted octanol–water partition coefficient (Wildman–Crippen LogP) is 3.60. The van der Waals surface area contributed by atoms with E-state index in [0.29, 0.717) is 16.4 Å². The molecule has 0 saturated carbocycles. The standard InChI is InChI=1S/C15H13ClN2O2S/c1-9-3-4-10(16)7-12(9)15-17-13-6-5-11(21(2,19)20)8-14(13)18-15/h3-8H,1-2H3,(H,17,18). The number of hydrogen-bond acceptors (Lipinski definition) is 3. The van der Waals surface area contributed by atoms with E-state index in [1.807, 2.05) is 25.1 Å². The molecule has 3 aromatic rings. The number of aromatic nitrogens is 2. The van der Waals surface area contributed by atoms with E-state index in [-0.39, 0.29) is 4.90 Å². The Hall–Kier alpha value is -1.85. The SMILES string of the molecule is Cc1ccc(Cl)cc1-c1nc2ccc(S(C)(=O)=O)cc2[nH]1. The first-order chi connectivity index (χ1) is 9.84. The zero-order valence-electron chi connectivity index (χ0n) is 11.5. The highest BCUT2D eigenvalue weighted by atomic mass is 35.5. The summed E-state index contributed by atoms with van der Waals surface area (Å²) in [7, 11) is -3.23. The Morgan fingerprint density at radius 3 is 2.62 bits per heavy atom. The van der Waals surface area contributed by atoms with Crippen molar-refractivity contribution in [1.29, 1.82) is 0 Å².